The van der Waals surface area contributed by atoms with Crippen LogP contribution in [0.25, 0.3) is 0 Å². The molecule has 3 amide bonds. The number of anilines is 2. The standard InChI is InChI=1S/C37H53N5O7S/c1-25(43)40-15-11-29(12-16-40)39-30-17-27(18-31(21-30)41-13-7-6-8-14-41)35(45)38-22-33(44)34-20-26-9-10-32(48-24-47-5)19-28(26)23-42(50-34)36(46)49-37(2,3)4/h9-10,17-19,21,29,33-34,39,44H,6-8,11-16,20,22-24H2,1-5H3,(H,38,45)/t33-,34+/m1/s1. The molecule has 3 aliphatic heterocycles. The van der Waals surface area contributed by atoms with Crippen LogP contribution in [0.5, 0.6) is 5.75 Å². The van der Waals surface area contributed by atoms with Crippen LogP contribution in [-0.2, 0) is 27.2 Å². The number of piperidine rings is 2. The predicted octanol–water partition coefficient (Wildman–Crippen LogP) is 5.18. The Morgan fingerprint density at radius 1 is 1.00 bits per heavy atom. The first-order chi connectivity index (χ1) is 23.9. The molecule has 0 bridgehead atoms. The molecule has 0 saturated carbocycles. The third kappa shape index (κ3) is 10.4. The Morgan fingerprint density at radius 2 is 1.74 bits per heavy atom. The molecule has 2 aromatic carbocycles. The Labute approximate surface area is 300 Å². The maximum atomic E-state index is 13.7. The van der Waals surface area contributed by atoms with Gasteiger partial charge in [-0.15, -0.1) is 0 Å². The number of hydrogen-bond acceptors (Lipinski definition) is 10. The van der Waals surface area contributed by atoms with E-state index in [4.69, 9.17) is 14.2 Å². The topological polar surface area (TPSA) is 133 Å². The maximum absolute atomic E-state index is 13.7. The number of methoxy groups -OCH3 is 1. The number of amides is 3. The van der Waals surface area contributed by atoms with Crippen LogP contribution in [-0.4, -0.2) is 102 Å². The second kappa shape index (κ2) is 17.0. The van der Waals surface area contributed by atoms with Gasteiger partial charge in [-0.1, -0.05) is 6.07 Å². The number of carbonyl (C=O) groups is 3. The number of likely N-dealkylation sites (tertiary alicyclic amines) is 1. The highest BCUT2D eigenvalue weighted by molar-refractivity contribution is 7.98. The Bertz CT molecular complexity index is 1490. The van der Waals surface area contributed by atoms with Crippen molar-refractivity contribution in [3.8, 4) is 5.75 Å². The summed E-state index contributed by atoms with van der Waals surface area (Å²) in [6.07, 6.45) is 4.11. The number of carbonyl (C=O) groups excluding carboxylic acids is 3. The van der Waals surface area contributed by atoms with E-state index in [0.717, 1.165) is 61.3 Å². The minimum atomic E-state index is -0.960. The van der Waals surface area contributed by atoms with Crippen molar-refractivity contribution in [1.29, 1.82) is 0 Å². The fourth-order valence-electron chi connectivity index (χ4n) is 6.57. The van der Waals surface area contributed by atoms with E-state index in [9.17, 15) is 19.5 Å². The third-order valence-electron chi connectivity index (χ3n) is 9.23. The predicted molar refractivity (Wildman–Crippen MR) is 196 cm³/mol. The molecule has 5 rings (SSSR count). The number of aliphatic hydroxyl groups is 1. The van der Waals surface area contributed by atoms with Crippen molar-refractivity contribution in [2.45, 2.75) is 95.8 Å². The van der Waals surface area contributed by atoms with Gasteiger partial charge in [-0.05, 0) is 113 Å². The highest BCUT2D eigenvalue weighted by Gasteiger charge is 2.33. The minimum Gasteiger partial charge on any atom is -0.468 e. The van der Waals surface area contributed by atoms with Crippen LogP contribution in [0.4, 0.5) is 16.2 Å². The first-order valence-electron chi connectivity index (χ1n) is 17.7. The van der Waals surface area contributed by atoms with E-state index < -0.39 is 23.0 Å². The molecule has 50 heavy (non-hydrogen) atoms. The van der Waals surface area contributed by atoms with E-state index in [1.165, 1.54) is 22.7 Å². The van der Waals surface area contributed by atoms with Crippen molar-refractivity contribution in [3.05, 3.63) is 53.1 Å². The normalized spacial score (nSPS) is 19.2. The number of hydrogen-bond donors (Lipinski definition) is 3. The summed E-state index contributed by atoms with van der Waals surface area (Å²) in [5.74, 6) is 0.441. The highest BCUT2D eigenvalue weighted by Crippen LogP contribution is 2.35. The van der Waals surface area contributed by atoms with Crippen molar-refractivity contribution >= 4 is 41.2 Å². The Hall–Kier alpha value is -3.68. The molecule has 3 heterocycles. The summed E-state index contributed by atoms with van der Waals surface area (Å²) >= 11 is 1.23. The third-order valence-corrected chi connectivity index (χ3v) is 10.5. The van der Waals surface area contributed by atoms with Crippen molar-refractivity contribution in [2.75, 3.05) is 56.8 Å². The van der Waals surface area contributed by atoms with Gasteiger partial charge in [-0.3, -0.25) is 9.59 Å². The second-order valence-electron chi connectivity index (χ2n) is 14.4. The van der Waals surface area contributed by atoms with Crippen molar-refractivity contribution in [3.63, 3.8) is 0 Å². The molecule has 2 atom stereocenters. The molecule has 3 aliphatic rings. The summed E-state index contributed by atoms with van der Waals surface area (Å²) in [6, 6.07) is 11.8. The van der Waals surface area contributed by atoms with Crippen LogP contribution >= 0.6 is 11.9 Å². The molecule has 2 aromatic rings. The van der Waals surface area contributed by atoms with Gasteiger partial charge in [0, 0.05) is 69.7 Å². The number of benzene rings is 2. The lowest BCUT2D eigenvalue weighted by molar-refractivity contribution is -0.129. The largest absolute Gasteiger partial charge is 0.468 e. The zero-order valence-electron chi connectivity index (χ0n) is 30.0. The van der Waals surface area contributed by atoms with Gasteiger partial charge in [-0.25, -0.2) is 9.10 Å². The molecule has 2 fully saturated rings. The first-order valence-corrected chi connectivity index (χ1v) is 18.5. The summed E-state index contributed by atoms with van der Waals surface area (Å²) < 4.78 is 17.9. The molecule has 274 valence electrons. The summed E-state index contributed by atoms with van der Waals surface area (Å²) in [6.45, 7) is 10.7. The van der Waals surface area contributed by atoms with Gasteiger partial charge in [0.15, 0.2) is 6.79 Å². The van der Waals surface area contributed by atoms with Crippen LogP contribution in [0.15, 0.2) is 36.4 Å². The molecule has 0 aromatic heterocycles. The average Bonchev–Trinajstić information content (AvgIpc) is 3.29. The molecular formula is C37H53N5O7S. The molecular weight excluding hydrogens is 659 g/mol. The molecule has 2 saturated heterocycles. The van der Waals surface area contributed by atoms with Crippen LogP contribution in [0.2, 0.25) is 0 Å². The number of rotatable bonds is 10. The van der Waals surface area contributed by atoms with E-state index in [1.54, 1.807) is 14.0 Å². The zero-order valence-corrected chi connectivity index (χ0v) is 30.9. The fourth-order valence-corrected chi connectivity index (χ4v) is 7.72. The first kappa shape index (κ1) is 37.6. The van der Waals surface area contributed by atoms with Crippen LogP contribution < -0.4 is 20.3 Å². The van der Waals surface area contributed by atoms with E-state index in [1.807, 2.05) is 56.0 Å². The van der Waals surface area contributed by atoms with Gasteiger partial charge in [0.25, 0.3) is 5.91 Å². The summed E-state index contributed by atoms with van der Waals surface area (Å²) in [5, 5.41) is 17.7. The van der Waals surface area contributed by atoms with Crippen LogP contribution in [0, 0.1) is 0 Å². The van der Waals surface area contributed by atoms with E-state index in [0.29, 0.717) is 30.8 Å². The maximum Gasteiger partial charge on any atom is 0.420 e. The van der Waals surface area contributed by atoms with Crippen LogP contribution in [0.3, 0.4) is 0 Å². The number of nitrogens with one attached hydrogen (secondary N) is 2. The Morgan fingerprint density at radius 3 is 2.42 bits per heavy atom. The van der Waals surface area contributed by atoms with E-state index in [2.05, 4.69) is 21.6 Å². The van der Waals surface area contributed by atoms with Crippen molar-refractivity contribution < 1.29 is 33.7 Å². The molecule has 13 heteroatoms. The lowest BCUT2D eigenvalue weighted by Gasteiger charge is -2.33. The van der Waals surface area contributed by atoms with Crippen LogP contribution in [0.1, 0.15) is 81.3 Å². The summed E-state index contributed by atoms with van der Waals surface area (Å²) in [5.41, 5.74) is 3.56. The zero-order chi connectivity index (χ0) is 35.8. The monoisotopic (exact) mass is 711 g/mol. The average molecular weight is 712 g/mol. The van der Waals surface area contributed by atoms with Crippen molar-refractivity contribution in [2.24, 2.45) is 0 Å². The molecule has 0 aliphatic carbocycles. The molecule has 12 nitrogen and oxygen atoms in total. The SMILES string of the molecule is COCOc1ccc2c(c1)CN(C(=O)OC(C)(C)C)S[C@H]([C@H](O)CNC(=O)c1cc(NC3CCN(C(C)=O)CC3)cc(N3CCCCC3)c1)C2. The number of fused-ring (bicyclic) bond motifs is 1. The molecule has 3 N–H and O–H groups in total. The van der Waals surface area contributed by atoms with Gasteiger partial charge >= 0.3 is 6.09 Å². The van der Waals surface area contributed by atoms with Gasteiger partial charge in [0.1, 0.15) is 11.4 Å². The number of nitrogens with zero attached hydrogens (tertiary/aromatic N) is 3. The number of aliphatic hydroxyl groups excluding tert-OH is 1. The Balaban J connectivity index is 1.30. The van der Waals surface area contributed by atoms with Crippen molar-refractivity contribution in [1.82, 2.24) is 14.5 Å². The van der Waals surface area contributed by atoms with Gasteiger partial charge in [0.05, 0.1) is 17.9 Å². The fraction of sp³-hybridized carbons (Fsp3) is 0.595. The lowest BCUT2D eigenvalue weighted by Crippen LogP contribution is -2.41. The smallest absolute Gasteiger partial charge is 0.420 e. The molecule has 0 spiro atoms. The van der Waals surface area contributed by atoms with E-state index in [-0.39, 0.29) is 37.7 Å². The molecule has 0 radical (unpaired) electrons. The summed E-state index contributed by atoms with van der Waals surface area (Å²) in [4.78, 5) is 43.0. The quantitative estimate of drug-likeness (QED) is 0.224. The Kier molecular flexibility index (Phi) is 12.8. The summed E-state index contributed by atoms with van der Waals surface area (Å²) in [7, 11) is 1.55. The highest BCUT2D eigenvalue weighted by atomic mass is 32.2. The molecule has 0 unspecified atom stereocenters. The van der Waals surface area contributed by atoms with E-state index >= 15 is 0 Å². The lowest BCUT2D eigenvalue weighted by atomic mass is 10.00. The van der Waals surface area contributed by atoms with Gasteiger partial charge < -0.3 is 39.8 Å². The van der Waals surface area contributed by atoms with Gasteiger partial charge in [0.2, 0.25) is 5.91 Å². The second-order valence-corrected chi connectivity index (χ2v) is 15.6. The minimum absolute atomic E-state index is 0.00321. The van der Waals surface area contributed by atoms with Gasteiger partial charge in [-0.2, -0.15) is 0 Å². The number of ether oxygens (including phenoxy) is 3.